The molecule has 0 aliphatic carbocycles. The van der Waals surface area contributed by atoms with Gasteiger partial charge in [-0.2, -0.15) is 0 Å². The van der Waals surface area contributed by atoms with Crippen LogP contribution in [0.2, 0.25) is 0 Å². The third-order valence-corrected chi connectivity index (χ3v) is 5.30. The Hall–Kier alpha value is -2.86. The molecule has 0 saturated carbocycles. The van der Waals surface area contributed by atoms with Gasteiger partial charge in [0.1, 0.15) is 11.3 Å². The maximum absolute atomic E-state index is 11.5. The summed E-state index contributed by atoms with van der Waals surface area (Å²) < 4.78 is 5.62. The van der Waals surface area contributed by atoms with E-state index >= 15 is 0 Å². The number of halogens is 1. The number of ether oxygens (including phenoxy) is 1. The number of hydrogen-bond donors (Lipinski definition) is 3. The van der Waals surface area contributed by atoms with Crippen LogP contribution in [0.1, 0.15) is 40.1 Å². The molecule has 0 aliphatic rings. The lowest BCUT2D eigenvalue weighted by atomic mass is 9.96. The van der Waals surface area contributed by atoms with Gasteiger partial charge in [0.25, 0.3) is 0 Å². The van der Waals surface area contributed by atoms with Crippen LogP contribution < -0.4 is 10.1 Å². The summed E-state index contributed by atoms with van der Waals surface area (Å²) in [4.78, 5) is 11.5. The summed E-state index contributed by atoms with van der Waals surface area (Å²) in [5.74, 6) is -0.559. The molecule has 0 unspecified atom stereocenters. The second-order valence-electron chi connectivity index (χ2n) is 7.43. The molecule has 3 aromatic carbocycles. The van der Waals surface area contributed by atoms with Crippen molar-refractivity contribution in [3.8, 4) is 16.9 Å². The lowest BCUT2D eigenvalue weighted by molar-refractivity contribution is 0.0692. The minimum absolute atomic E-state index is 0. The Balaban J connectivity index is 0.00000363. The Labute approximate surface area is 195 Å². The topological polar surface area (TPSA) is 78.8 Å². The highest BCUT2D eigenvalue weighted by atomic mass is 35.5. The molecule has 0 amide bonds. The maximum Gasteiger partial charge on any atom is 0.339 e. The first-order valence-electron chi connectivity index (χ1n) is 10.5. The molecule has 0 aromatic heterocycles. The van der Waals surface area contributed by atoms with Gasteiger partial charge in [0.15, 0.2) is 0 Å². The van der Waals surface area contributed by atoms with E-state index in [2.05, 4.69) is 17.4 Å². The van der Waals surface area contributed by atoms with E-state index in [1.54, 1.807) is 6.07 Å². The van der Waals surface area contributed by atoms with E-state index in [1.807, 2.05) is 62.4 Å². The molecule has 5 nitrogen and oxygen atoms in total. The third kappa shape index (κ3) is 6.33. The Morgan fingerprint density at radius 1 is 1.03 bits per heavy atom. The molecule has 0 saturated heterocycles. The van der Waals surface area contributed by atoms with Crippen LogP contribution in [0.4, 0.5) is 0 Å². The molecule has 32 heavy (non-hydrogen) atoms. The molecule has 6 heteroatoms. The monoisotopic (exact) mass is 455 g/mol. The van der Waals surface area contributed by atoms with Crippen LogP contribution in [0.25, 0.3) is 11.1 Å². The van der Waals surface area contributed by atoms with Crippen molar-refractivity contribution in [1.29, 1.82) is 0 Å². The first kappa shape index (κ1) is 25.4. The van der Waals surface area contributed by atoms with E-state index in [1.165, 1.54) is 5.56 Å². The minimum atomic E-state index is -0.988. The van der Waals surface area contributed by atoms with Crippen LogP contribution in [0, 0.1) is 6.92 Å². The molecule has 0 fully saturated rings. The molecule has 0 spiro atoms. The summed E-state index contributed by atoms with van der Waals surface area (Å²) in [7, 11) is 0. The number of aliphatic hydroxyl groups excluding tert-OH is 1. The van der Waals surface area contributed by atoms with Crippen LogP contribution in [-0.4, -0.2) is 35.9 Å². The van der Waals surface area contributed by atoms with Crippen molar-refractivity contribution in [2.24, 2.45) is 0 Å². The standard InChI is InChI=1S/C26H29NO4.ClH/c1-3-31-25-18(2)22(13-14-23(25)26(29)30)20-11-9-19(10-12-20)15-16-27-17-24(28)21-7-5-4-6-8-21;/h4-14,24,27-28H,3,15-17H2,1-2H3,(H,29,30);1H/t24-;/m0./s1. The molecule has 1 atom stereocenters. The summed E-state index contributed by atoms with van der Waals surface area (Å²) >= 11 is 0. The van der Waals surface area contributed by atoms with Crippen molar-refractivity contribution in [1.82, 2.24) is 5.32 Å². The lowest BCUT2D eigenvalue weighted by Gasteiger charge is -2.15. The summed E-state index contributed by atoms with van der Waals surface area (Å²) in [6.07, 6.45) is 0.336. The van der Waals surface area contributed by atoms with Crippen molar-refractivity contribution in [2.75, 3.05) is 19.7 Å². The Morgan fingerprint density at radius 3 is 2.34 bits per heavy atom. The molecule has 0 bridgehead atoms. The summed E-state index contributed by atoms with van der Waals surface area (Å²) in [6.45, 7) is 5.43. The highest BCUT2D eigenvalue weighted by Gasteiger charge is 2.17. The van der Waals surface area contributed by atoms with Crippen molar-refractivity contribution in [3.05, 3.63) is 89.0 Å². The quantitative estimate of drug-likeness (QED) is 0.373. The van der Waals surface area contributed by atoms with Crippen LogP contribution >= 0.6 is 12.4 Å². The van der Waals surface area contributed by atoms with E-state index in [9.17, 15) is 15.0 Å². The van der Waals surface area contributed by atoms with E-state index in [-0.39, 0.29) is 18.0 Å². The Morgan fingerprint density at radius 2 is 1.72 bits per heavy atom. The first-order valence-corrected chi connectivity index (χ1v) is 10.5. The smallest absolute Gasteiger partial charge is 0.339 e. The fraction of sp³-hybridized carbons (Fsp3) is 0.269. The van der Waals surface area contributed by atoms with Gasteiger partial charge in [-0.15, -0.1) is 12.4 Å². The zero-order valence-electron chi connectivity index (χ0n) is 18.4. The number of aliphatic hydroxyl groups is 1. The number of carboxylic acid groups (broad SMARTS) is 1. The van der Waals surface area contributed by atoms with Crippen molar-refractivity contribution in [3.63, 3.8) is 0 Å². The van der Waals surface area contributed by atoms with E-state index < -0.39 is 12.1 Å². The maximum atomic E-state index is 11.5. The molecule has 0 heterocycles. The SMILES string of the molecule is CCOc1c(C(=O)O)ccc(-c2ccc(CCNC[C@H](O)c3ccccc3)cc2)c1C.Cl. The van der Waals surface area contributed by atoms with Crippen LogP contribution in [0.5, 0.6) is 5.75 Å². The van der Waals surface area contributed by atoms with Gasteiger partial charge in [-0.25, -0.2) is 4.79 Å². The van der Waals surface area contributed by atoms with Gasteiger partial charge in [0, 0.05) is 6.54 Å². The van der Waals surface area contributed by atoms with Crippen molar-refractivity contribution < 1.29 is 19.7 Å². The zero-order valence-corrected chi connectivity index (χ0v) is 19.2. The third-order valence-electron chi connectivity index (χ3n) is 5.30. The molecular formula is C26H30ClNO4. The molecule has 170 valence electrons. The van der Waals surface area contributed by atoms with E-state index in [0.717, 1.165) is 35.2 Å². The van der Waals surface area contributed by atoms with Crippen molar-refractivity contribution >= 4 is 18.4 Å². The Bertz CT molecular complexity index is 1010. The fourth-order valence-corrected chi connectivity index (χ4v) is 3.62. The molecular weight excluding hydrogens is 426 g/mol. The second kappa shape index (κ2) is 12.2. The number of carboxylic acids is 1. The minimum Gasteiger partial charge on any atom is -0.493 e. The van der Waals surface area contributed by atoms with Gasteiger partial charge in [0.2, 0.25) is 0 Å². The van der Waals surface area contributed by atoms with Crippen LogP contribution in [0.3, 0.4) is 0 Å². The molecule has 3 N–H and O–H groups in total. The summed E-state index contributed by atoms with van der Waals surface area (Å²) in [5.41, 5.74) is 5.09. The Kier molecular flexibility index (Phi) is 9.72. The number of aromatic carboxylic acids is 1. The van der Waals surface area contributed by atoms with Gasteiger partial charge in [-0.1, -0.05) is 60.7 Å². The number of nitrogens with one attached hydrogen (secondary N) is 1. The lowest BCUT2D eigenvalue weighted by Crippen LogP contribution is -2.23. The highest BCUT2D eigenvalue weighted by molar-refractivity contribution is 5.93. The molecule has 3 rings (SSSR count). The highest BCUT2D eigenvalue weighted by Crippen LogP contribution is 2.33. The first-order chi connectivity index (χ1) is 15.0. The van der Waals surface area contributed by atoms with Gasteiger partial charge in [-0.3, -0.25) is 0 Å². The van der Waals surface area contributed by atoms with Gasteiger partial charge >= 0.3 is 5.97 Å². The van der Waals surface area contributed by atoms with Gasteiger partial charge < -0.3 is 20.3 Å². The molecule has 0 radical (unpaired) electrons. The average molecular weight is 456 g/mol. The predicted octanol–water partition coefficient (Wildman–Crippen LogP) is 5.05. The molecule has 0 aliphatic heterocycles. The van der Waals surface area contributed by atoms with Gasteiger partial charge in [0.05, 0.1) is 12.7 Å². The van der Waals surface area contributed by atoms with E-state index in [0.29, 0.717) is 18.9 Å². The zero-order chi connectivity index (χ0) is 22.2. The predicted molar refractivity (Wildman–Crippen MR) is 130 cm³/mol. The normalized spacial score (nSPS) is 11.5. The largest absolute Gasteiger partial charge is 0.493 e. The van der Waals surface area contributed by atoms with E-state index in [4.69, 9.17) is 4.74 Å². The van der Waals surface area contributed by atoms with Gasteiger partial charge in [-0.05, 0) is 60.7 Å². The van der Waals surface area contributed by atoms with Crippen LogP contribution in [0.15, 0.2) is 66.7 Å². The summed E-state index contributed by atoms with van der Waals surface area (Å²) in [5, 5.41) is 22.9. The number of carbonyl (C=O) groups is 1. The average Bonchev–Trinajstić information content (AvgIpc) is 2.79. The number of rotatable bonds is 10. The van der Waals surface area contributed by atoms with Crippen molar-refractivity contribution in [2.45, 2.75) is 26.4 Å². The number of benzene rings is 3. The van der Waals surface area contributed by atoms with Crippen LogP contribution in [-0.2, 0) is 6.42 Å². The summed E-state index contributed by atoms with van der Waals surface area (Å²) in [6, 6.07) is 21.3. The molecule has 3 aromatic rings. The fourth-order valence-electron chi connectivity index (χ4n) is 3.62. The number of hydrogen-bond acceptors (Lipinski definition) is 4. The second-order valence-corrected chi connectivity index (χ2v) is 7.43.